The van der Waals surface area contributed by atoms with Gasteiger partial charge < -0.3 is 9.47 Å². The van der Waals surface area contributed by atoms with Gasteiger partial charge in [0.25, 0.3) is 0 Å². The molecule has 0 N–H and O–H groups in total. The lowest BCUT2D eigenvalue weighted by molar-refractivity contribution is 0.424. The predicted molar refractivity (Wildman–Crippen MR) is 199 cm³/mol. The van der Waals surface area contributed by atoms with E-state index in [0.717, 1.165) is 56.2 Å². The van der Waals surface area contributed by atoms with Crippen LogP contribution in [-0.2, 0) is 0 Å². The third kappa shape index (κ3) is 4.57. The van der Waals surface area contributed by atoms with Crippen LogP contribution in [0.1, 0.15) is 36.0 Å². The first-order valence-electron chi connectivity index (χ1n) is 16.9. The Morgan fingerprint density at radius 2 is 1.33 bits per heavy atom. The van der Waals surface area contributed by atoms with Crippen LogP contribution < -0.4 is 4.90 Å². The van der Waals surface area contributed by atoms with Gasteiger partial charge in [-0.05, 0) is 101 Å². The molecule has 6 aromatic carbocycles. The Hall–Kier alpha value is -6.36. The van der Waals surface area contributed by atoms with Crippen molar-refractivity contribution in [1.29, 1.82) is 10.5 Å². The van der Waals surface area contributed by atoms with E-state index < -0.39 is 0 Å². The van der Waals surface area contributed by atoms with Crippen molar-refractivity contribution in [2.45, 2.75) is 25.3 Å². The second kappa shape index (κ2) is 11.4. The van der Waals surface area contributed by atoms with Crippen molar-refractivity contribution in [1.82, 2.24) is 4.57 Å². The van der Waals surface area contributed by atoms with Crippen LogP contribution in [0, 0.1) is 28.6 Å². The fraction of sp³-hybridized carbons (Fsp3) is 0.111. The first-order valence-corrected chi connectivity index (χ1v) is 16.9. The third-order valence-corrected chi connectivity index (χ3v) is 10.5. The summed E-state index contributed by atoms with van der Waals surface area (Å²) in [7, 11) is 0. The number of aromatic nitrogens is 1. The monoisotopic (exact) mass is 628 g/mol. The molecule has 0 saturated heterocycles. The predicted octanol–water partition coefficient (Wildman–Crippen LogP) is 11.1. The van der Waals surface area contributed by atoms with Crippen LogP contribution in [0.4, 0.5) is 11.4 Å². The highest BCUT2D eigenvalue weighted by molar-refractivity contribution is 6.10. The molecule has 9 rings (SSSR count). The molecule has 0 bridgehead atoms. The van der Waals surface area contributed by atoms with E-state index in [9.17, 15) is 10.5 Å². The summed E-state index contributed by atoms with van der Waals surface area (Å²) >= 11 is 0. The number of benzene rings is 6. The van der Waals surface area contributed by atoms with Gasteiger partial charge in [-0.2, -0.15) is 10.5 Å². The van der Waals surface area contributed by atoms with Crippen LogP contribution in [0.25, 0.3) is 49.7 Å². The van der Waals surface area contributed by atoms with E-state index in [4.69, 9.17) is 0 Å². The zero-order chi connectivity index (χ0) is 33.1. The topological polar surface area (TPSA) is 55.8 Å². The second-order valence-corrected chi connectivity index (χ2v) is 13.3. The lowest BCUT2D eigenvalue weighted by atomic mass is 9.81. The van der Waals surface area contributed by atoms with Crippen LogP contribution in [-0.4, -0.2) is 10.6 Å². The molecule has 7 aromatic rings. The van der Waals surface area contributed by atoms with E-state index in [1.54, 1.807) is 0 Å². The molecule has 0 fully saturated rings. The molecule has 0 amide bonds. The largest absolute Gasteiger partial charge is 0.337 e. The van der Waals surface area contributed by atoms with Crippen molar-refractivity contribution in [2.24, 2.45) is 5.92 Å². The summed E-state index contributed by atoms with van der Waals surface area (Å²) in [6.45, 7) is 2.37. The van der Waals surface area contributed by atoms with Crippen molar-refractivity contribution < 1.29 is 0 Å². The molecular formula is C45H32N4. The zero-order valence-corrected chi connectivity index (χ0v) is 27.1. The Morgan fingerprint density at radius 1 is 0.612 bits per heavy atom. The van der Waals surface area contributed by atoms with Gasteiger partial charge in [0.2, 0.25) is 0 Å². The van der Waals surface area contributed by atoms with Gasteiger partial charge in [0.1, 0.15) is 0 Å². The number of fused-ring (bicyclic) bond motifs is 6. The highest BCUT2D eigenvalue weighted by Gasteiger charge is 2.42. The van der Waals surface area contributed by atoms with Gasteiger partial charge in [0.05, 0.1) is 40.0 Å². The van der Waals surface area contributed by atoms with Gasteiger partial charge in [-0.3, -0.25) is 0 Å². The highest BCUT2D eigenvalue weighted by atomic mass is 15.2. The normalized spacial score (nSPS) is 17.9. The summed E-state index contributed by atoms with van der Waals surface area (Å²) in [6.07, 6.45) is 5.85. The lowest BCUT2D eigenvalue weighted by Gasteiger charge is -2.36. The second-order valence-electron chi connectivity index (χ2n) is 13.3. The number of nitrogens with zero attached hydrogens (tertiary/aromatic N) is 4. The molecule has 2 aliphatic rings. The SMILES string of the molecule is CC1CC=CC2c3ccccc3N(c3cccc(-c4cccc(-c5cc(C#N)ccc5-n5c6ccccc6c6cc(C#N)ccc65)c4)c3)C12. The van der Waals surface area contributed by atoms with E-state index in [1.807, 2.05) is 48.5 Å². The maximum absolute atomic E-state index is 9.97. The van der Waals surface area contributed by atoms with E-state index in [0.29, 0.717) is 29.0 Å². The molecule has 4 heteroatoms. The Labute approximate surface area is 286 Å². The third-order valence-electron chi connectivity index (χ3n) is 10.5. The zero-order valence-electron chi connectivity index (χ0n) is 27.1. The average molecular weight is 629 g/mol. The van der Waals surface area contributed by atoms with Gasteiger partial charge in [0, 0.05) is 39.7 Å². The van der Waals surface area contributed by atoms with Crippen LogP contribution in [0.5, 0.6) is 0 Å². The summed E-state index contributed by atoms with van der Waals surface area (Å²) in [5.41, 5.74) is 12.5. The molecule has 0 radical (unpaired) electrons. The summed E-state index contributed by atoms with van der Waals surface area (Å²) in [6, 6.07) is 51.6. The molecule has 3 unspecified atom stereocenters. The fourth-order valence-electron chi connectivity index (χ4n) is 8.25. The average Bonchev–Trinajstić information content (AvgIpc) is 3.68. The molecule has 0 saturated carbocycles. The minimum atomic E-state index is 0.385. The summed E-state index contributed by atoms with van der Waals surface area (Å²) in [4.78, 5) is 2.57. The molecule has 2 heterocycles. The maximum atomic E-state index is 9.97. The molecule has 3 atom stereocenters. The number of para-hydroxylation sites is 2. The highest BCUT2D eigenvalue weighted by Crippen LogP contribution is 2.51. The minimum Gasteiger partial charge on any atom is -0.337 e. The standard InChI is InChI=1S/C45H32N4/c1-29-9-6-16-38-36-14-2-4-17-41(36)48(45(29)38)35-13-8-11-33(26-35)32-10-7-12-34(25-32)39-23-30(27-46)19-21-43(39)49-42-18-5-3-15-37(42)40-24-31(28-47)20-22-44(40)49/h2-8,10-26,29,38,45H,9H2,1H3. The van der Waals surface area contributed by atoms with Crippen LogP contribution >= 0.6 is 0 Å². The van der Waals surface area contributed by atoms with Crippen LogP contribution in [0.15, 0.2) is 146 Å². The molecule has 232 valence electrons. The first kappa shape index (κ1) is 28.8. The fourth-order valence-corrected chi connectivity index (χ4v) is 8.25. The lowest BCUT2D eigenvalue weighted by Crippen LogP contribution is -2.37. The molecule has 0 spiro atoms. The number of hydrogen-bond donors (Lipinski definition) is 0. The molecule has 49 heavy (non-hydrogen) atoms. The van der Waals surface area contributed by atoms with Gasteiger partial charge in [-0.25, -0.2) is 0 Å². The number of hydrogen-bond acceptors (Lipinski definition) is 3. The molecule has 4 nitrogen and oxygen atoms in total. The van der Waals surface area contributed by atoms with Crippen molar-refractivity contribution in [3.63, 3.8) is 0 Å². The summed E-state index contributed by atoms with van der Waals surface area (Å²) in [5, 5.41) is 21.7. The van der Waals surface area contributed by atoms with E-state index >= 15 is 0 Å². The minimum absolute atomic E-state index is 0.385. The quantitative estimate of drug-likeness (QED) is 0.182. The number of nitriles is 2. The Morgan fingerprint density at radius 3 is 2.20 bits per heavy atom. The van der Waals surface area contributed by atoms with Crippen LogP contribution in [0.2, 0.25) is 0 Å². The van der Waals surface area contributed by atoms with Crippen molar-refractivity contribution in [3.05, 3.63) is 162 Å². The van der Waals surface area contributed by atoms with Gasteiger partial charge in [0.15, 0.2) is 0 Å². The van der Waals surface area contributed by atoms with Crippen molar-refractivity contribution in [2.75, 3.05) is 4.90 Å². The first-order chi connectivity index (χ1) is 24.1. The van der Waals surface area contributed by atoms with Gasteiger partial charge >= 0.3 is 0 Å². The molecule has 1 aliphatic carbocycles. The summed E-state index contributed by atoms with van der Waals surface area (Å²) in [5.74, 6) is 0.928. The van der Waals surface area contributed by atoms with E-state index in [1.165, 1.54) is 16.9 Å². The van der Waals surface area contributed by atoms with Crippen molar-refractivity contribution in [3.8, 4) is 40.1 Å². The Kier molecular flexibility index (Phi) is 6.71. The van der Waals surface area contributed by atoms with Crippen LogP contribution in [0.3, 0.4) is 0 Å². The van der Waals surface area contributed by atoms with Gasteiger partial charge in [-0.15, -0.1) is 0 Å². The Balaban J connectivity index is 1.18. The van der Waals surface area contributed by atoms with E-state index in [-0.39, 0.29) is 0 Å². The van der Waals surface area contributed by atoms with Crippen molar-refractivity contribution >= 4 is 33.2 Å². The van der Waals surface area contributed by atoms with Gasteiger partial charge in [-0.1, -0.05) is 85.8 Å². The molecule has 1 aliphatic heterocycles. The number of allylic oxidation sites excluding steroid dienone is 1. The molecule has 1 aromatic heterocycles. The Bertz CT molecular complexity index is 2560. The smallest absolute Gasteiger partial charge is 0.0991 e. The van der Waals surface area contributed by atoms with E-state index in [2.05, 4.69) is 126 Å². The molecular weight excluding hydrogens is 597 g/mol. The number of anilines is 2. The maximum Gasteiger partial charge on any atom is 0.0991 e. The summed E-state index contributed by atoms with van der Waals surface area (Å²) < 4.78 is 2.26. The number of rotatable bonds is 4.